The number of para-hydroxylation sites is 1. The number of anilines is 1. The zero-order valence-corrected chi connectivity index (χ0v) is 22.3. The highest BCUT2D eigenvalue weighted by molar-refractivity contribution is 5.86. The van der Waals surface area contributed by atoms with E-state index in [0.717, 1.165) is 24.4 Å². The highest BCUT2D eigenvalue weighted by Gasteiger charge is 2.40. The van der Waals surface area contributed by atoms with Gasteiger partial charge >= 0.3 is 5.97 Å². The van der Waals surface area contributed by atoms with Crippen LogP contribution in [0.1, 0.15) is 28.5 Å². The van der Waals surface area contributed by atoms with Crippen LogP contribution in [0.2, 0.25) is 0 Å². The third-order valence-corrected chi connectivity index (χ3v) is 7.42. The first kappa shape index (κ1) is 26.4. The summed E-state index contributed by atoms with van der Waals surface area (Å²) in [5.41, 5.74) is 2.41. The van der Waals surface area contributed by atoms with Gasteiger partial charge in [0.1, 0.15) is 5.75 Å². The van der Waals surface area contributed by atoms with Crippen LogP contribution in [0.25, 0.3) is 6.08 Å². The summed E-state index contributed by atoms with van der Waals surface area (Å²) in [6.45, 7) is 4.20. The minimum absolute atomic E-state index is 0.0788. The smallest absolute Gasteiger partial charge is 0.360 e. The molecule has 2 aliphatic rings. The molecule has 0 aliphatic carbocycles. The van der Waals surface area contributed by atoms with Crippen LogP contribution in [0.5, 0.6) is 5.75 Å². The zero-order chi connectivity index (χ0) is 27.2. The summed E-state index contributed by atoms with van der Waals surface area (Å²) in [5, 5.41) is 8.14. The van der Waals surface area contributed by atoms with Crippen LogP contribution in [-0.2, 0) is 9.53 Å². The van der Waals surface area contributed by atoms with Crippen molar-refractivity contribution in [1.29, 1.82) is 0 Å². The number of nitrogens with zero attached hydrogens (tertiary/aromatic N) is 6. The number of ether oxygens (including phenoxy) is 2. The number of benzene rings is 2. The summed E-state index contributed by atoms with van der Waals surface area (Å²) >= 11 is 0. The van der Waals surface area contributed by atoms with Gasteiger partial charge in [-0.25, -0.2) is 9.48 Å². The Morgan fingerprint density at radius 1 is 1.00 bits per heavy atom. The molecule has 204 valence electrons. The molecule has 3 aromatic rings. The molecule has 2 saturated heterocycles. The molecule has 2 aliphatic heterocycles. The van der Waals surface area contributed by atoms with Gasteiger partial charge in [-0.1, -0.05) is 47.7 Å². The van der Waals surface area contributed by atoms with Crippen molar-refractivity contribution in [3.05, 3.63) is 78.1 Å². The first-order valence-electron chi connectivity index (χ1n) is 13.2. The molecule has 0 radical (unpaired) electrons. The van der Waals surface area contributed by atoms with Gasteiger partial charge in [0.05, 0.1) is 32.5 Å². The molecule has 0 unspecified atom stereocenters. The standard InChI is InChI=1S/C29H34N6O4/c1-38-25-12-10-22(11-13-25)7-6-14-34-20-24(35-21-26(30-31-35)29(37)39-2)19-27(34)28(36)33-17-15-32(16-18-33)23-8-4-3-5-9-23/h3-13,21,24,27H,14-20H2,1-2H3/t24-,27+/m1/s1. The van der Waals surface area contributed by atoms with Gasteiger partial charge in [0.15, 0.2) is 5.69 Å². The van der Waals surface area contributed by atoms with E-state index in [9.17, 15) is 9.59 Å². The molecule has 0 bridgehead atoms. The molecule has 1 amide bonds. The molecule has 2 fully saturated rings. The van der Waals surface area contributed by atoms with E-state index >= 15 is 0 Å². The van der Waals surface area contributed by atoms with E-state index < -0.39 is 5.97 Å². The highest BCUT2D eigenvalue weighted by atomic mass is 16.5. The monoisotopic (exact) mass is 530 g/mol. The lowest BCUT2D eigenvalue weighted by Crippen LogP contribution is -2.53. The Morgan fingerprint density at radius 2 is 1.74 bits per heavy atom. The van der Waals surface area contributed by atoms with Crippen LogP contribution in [0, 0.1) is 0 Å². The second-order valence-corrected chi connectivity index (χ2v) is 9.76. The highest BCUT2D eigenvalue weighted by Crippen LogP contribution is 2.29. The number of hydrogen-bond donors (Lipinski definition) is 0. The van der Waals surface area contributed by atoms with Crippen molar-refractivity contribution in [3.8, 4) is 5.75 Å². The Labute approximate surface area is 228 Å². The summed E-state index contributed by atoms with van der Waals surface area (Å²) in [6.07, 6.45) is 6.34. The van der Waals surface area contributed by atoms with Crippen molar-refractivity contribution >= 4 is 23.6 Å². The number of carbonyl (C=O) groups is 2. The average Bonchev–Trinajstić information content (AvgIpc) is 3.65. The summed E-state index contributed by atoms with van der Waals surface area (Å²) < 4.78 is 11.7. The van der Waals surface area contributed by atoms with Gasteiger partial charge in [0.2, 0.25) is 5.91 Å². The number of amides is 1. The van der Waals surface area contributed by atoms with Gasteiger partial charge in [-0.2, -0.15) is 0 Å². The summed E-state index contributed by atoms with van der Waals surface area (Å²) in [5.74, 6) is 0.422. The Balaban J connectivity index is 1.28. The minimum atomic E-state index is -0.526. The predicted octanol–water partition coefficient (Wildman–Crippen LogP) is 2.75. The number of methoxy groups -OCH3 is 2. The molecule has 0 spiro atoms. The molecule has 3 heterocycles. The fraction of sp³-hybridized carbons (Fsp3) is 0.379. The number of carbonyl (C=O) groups excluding carboxylic acids is 2. The summed E-state index contributed by atoms with van der Waals surface area (Å²) in [6, 6.07) is 17.8. The van der Waals surface area contributed by atoms with E-state index in [1.54, 1.807) is 18.0 Å². The van der Waals surface area contributed by atoms with Crippen molar-refractivity contribution in [2.75, 3.05) is 58.4 Å². The van der Waals surface area contributed by atoms with Crippen LogP contribution in [0.4, 0.5) is 5.69 Å². The van der Waals surface area contributed by atoms with E-state index in [4.69, 9.17) is 9.47 Å². The van der Waals surface area contributed by atoms with Crippen molar-refractivity contribution in [3.63, 3.8) is 0 Å². The van der Waals surface area contributed by atoms with Crippen molar-refractivity contribution in [1.82, 2.24) is 24.8 Å². The Hall–Kier alpha value is -4.18. The minimum Gasteiger partial charge on any atom is -0.497 e. The molecule has 0 saturated carbocycles. The summed E-state index contributed by atoms with van der Waals surface area (Å²) in [4.78, 5) is 32.2. The van der Waals surface area contributed by atoms with E-state index in [2.05, 4.69) is 44.4 Å². The number of likely N-dealkylation sites (tertiary alicyclic amines) is 1. The molecule has 39 heavy (non-hydrogen) atoms. The fourth-order valence-electron chi connectivity index (χ4n) is 5.26. The Bertz CT molecular complexity index is 1280. The maximum Gasteiger partial charge on any atom is 0.360 e. The van der Waals surface area contributed by atoms with Gasteiger partial charge in [-0.05, 0) is 36.2 Å². The normalized spacial score (nSPS) is 19.9. The second kappa shape index (κ2) is 12.1. The van der Waals surface area contributed by atoms with E-state index in [0.29, 0.717) is 32.6 Å². The van der Waals surface area contributed by atoms with Gasteiger partial charge in [-0.3, -0.25) is 9.69 Å². The van der Waals surface area contributed by atoms with E-state index in [-0.39, 0.29) is 23.7 Å². The molecule has 5 rings (SSSR count). The van der Waals surface area contributed by atoms with Gasteiger partial charge in [-0.15, -0.1) is 5.10 Å². The van der Waals surface area contributed by atoms with Crippen molar-refractivity contribution < 1.29 is 19.1 Å². The van der Waals surface area contributed by atoms with Crippen LogP contribution in [-0.4, -0.2) is 96.2 Å². The molecule has 2 aromatic carbocycles. The maximum atomic E-state index is 13.8. The van der Waals surface area contributed by atoms with Crippen LogP contribution >= 0.6 is 0 Å². The molecule has 0 N–H and O–H groups in total. The average molecular weight is 531 g/mol. The van der Waals surface area contributed by atoms with Crippen molar-refractivity contribution in [2.24, 2.45) is 0 Å². The third kappa shape index (κ3) is 6.12. The first-order valence-corrected chi connectivity index (χ1v) is 13.2. The molecular weight excluding hydrogens is 496 g/mol. The lowest BCUT2D eigenvalue weighted by molar-refractivity contribution is -0.136. The van der Waals surface area contributed by atoms with Crippen LogP contribution in [0.15, 0.2) is 66.9 Å². The van der Waals surface area contributed by atoms with E-state index in [1.807, 2.05) is 47.4 Å². The Morgan fingerprint density at radius 3 is 2.44 bits per heavy atom. The number of hydrogen-bond acceptors (Lipinski definition) is 8. The number of aromatic nitrogens is 3. The molecule has 1 aromatic heterocycles. The fourth-order valence-corrected chi connectivity index (χ4v) is 5.26. The van der Waals surface area contributed by atoms with Crippen molar-refractivity contribution in [2.45, 2.75) is 18.5 Å². The van der Waals surface area contributed by atoms with Gasteiger partial charge in [0.25, 0.3) is 0 Å². The molecule has 10 nitrogen and oxygen atoms in total. The van der Waals surface area contributed by atoms with E-state index in [1.165, 1.54) is 12.8 Å². The summed E-state index contributed by atoms with van der Waals surface area (Å²) in [7, 11) is 2.97. The first-order chi connectivity index (χ1) is 19.1. The van der Waals surface area contributed by atoms with Gasteiger partial charge in [0, 0.05) is 45.0 Å². The van der Waals surface area contributed by atoms with Crippen LogP contribution in [0.3, 0.4) is 0 Å². The second-order valence-electron chi connectivity index (χ2n) is 9.76. The SMILES string of the molecule is COC(=O)c1cn([C@@H]2C[C@@H](C(=O)N3CCN(c4ccccc4)CC3)N(CC=Cc3ccc(OC)cc3)C2)nn1. The molecule has 2 atom stereocenters. The number of esters is 1. The topological polar surface area (TPSA) is 93.0 Å². The molecule has 10 heteroatoms. The number of piperazine rings is 1. The maximum absolute atomic E-state index is 13.8. The lowest BCUT2D eigenvalue weighted by Gasteiger charge is -2.38. The van der Waals surface area contributed by atoms with Crippen LogP contribution < -0.4 is 9.64 Å². The largest absolute Gasteiger partial charge is 0.497 e. The third-order valence-electron chi connectivity index (χ3n) is 7.42. The predicted molar refractivity (Wildman–Crippen MR) is 148 cm³/mol. The van der Waals surface area contributed by atoms with Gasteiger partial charge < -0.3 is 19.3 Å². The quantitative estimate of drug-likeness (QED) is 0.411. The number of rotatable bonds is 8. The molecular formula is C29H34N6O4. The Kier molecular flexibility index (Phi) is 8.21. The lowest BCUT2D eigenvalue weighted by atomic mass is 10.1. The zero-order valence-electron chi connectivity index (χ0n) is 22.3.